The molecule has 0 aromatic heterocycles. The summed E-state index contributed by atoms with van der Waals surface area (Å²) in [5, 5.41) is 3.51. The molecule has 1 atom stereocenters. The molecule has 0 bridgehead atoms. The van der Waals surface area contributed by atoms with E-state index in [1.54, 1.807) is 12.1 Å². The van der Waals surface area contributed by atoms with Gasteiger partial charge >= 0.3 is 0 Å². The number of ether oxygens (including phenoxy) is 1. The molecule has 2 aromatic rings. The summed E-state index contributed by atoms with van der Waals surface area (Å²) in [5.41, 5.74) is 9.15. The average molecular weight is 448 g/mol. The van der Waals surface area contributed by atoms with Crippen molar-refractivity contribution in [3.63, 3.8) is 0 Å². The van der Waals surface area contributed by atoms with E-state index < -0.39 is 0 Å². The number of nitrogens with zero attached hydrogens (tertiary/aromatic N) is 1. The van der Waals surface area contributed by atoms with Gasteiger partial charge < -0.3 is 15.8 Å². The average Bonchev–Trinajstić information content (AvgIpc) is 2.73. The topological polar surface area (TPSA) is 67.6 Å². The molecule has 5 nitrogen and oxygen atoms in total. The number of benzene rings is 2. The molecule has 1 amide bonds. The van der Waals surface area contributed by atoms with Crippen molar-refractivity contribution in [2.45, 2.75) is 25.8 Å². The monoisotopic (exact) mass is 447 g/mol. The first-order chi connectivity index (χ1) is 14.5. The Bertz CT molecular complexity index is 910. The number of carbonyl (C=O) groups is 1. The summed E-state index contributed by atoms with van der Waals surface area (Å²) in [5.74, 6) is 0.485. The van der Waals surface area contributed by atoms with Crippen LogP contribution in [0.4, 0.5) is 5.69 Å². The lowest BCUT2D eigenvalue weighted by Crippen LogP contribution is -2.33. The predicted octanol–water partition coefficient (Wildman–Crippen LogP) is 5.08. The third kappa shape index (κ3) is 5.16. The summed E-state index contributed by atoms with van der Waals surface area (Å²) in [7, 11) is 0. The highest BCUT2D eigenvalue weighted by Crippen LogP contribution is 2.35. The molecule has 0 aliphatic carbocycles. The molecule has 2 aromatic carbocycles. The van der Waals surface area contributed by atoms with Gasteiger partial charge in [-0.25, -0.2) is 0 Å². The quantitative estimate of drug-likeness (QED) is 0.553. The number of nitrogens with two attached hydrogens (primary N) is 1. The number of rotatable bonds is 8. The van der Waals surface area contributed by atoms with Gasteiger partial charge in [-0.2, -0.15) is 0 Å². The molecule has 0 saturated carbocycles. The van der Waals surface area contributed by atoms with Crippen LogP contribution >= 0.6 is 23.2 Å². The molecule has 160 valence electrons. The van der Waals surface area contributed by atoms with E-state index >= 15 is 0 Å². The number of anilines is 1. The zero-order valence-electron chi connectivity index (χ0n) is 17.1. The van der Waals surface area contributed by atoms with Crippen LogP contribution in [0, 0.1) is 0 Å². The van der Waals surface area contributed by atoms with Crippen molar-refractivity contribution in [2.75, 3.05) is 31.6 Å². The number of fused-ring (bicyclic) bond motifs is 1. The van der Waals surface area contributed by atoms with Gasteiger partial charge in [0.2, 0.25) is 0 Å². The van der Waals surface area contributed by atoms with Crippen molar-refractivity contribution in [3.8, 4) is 5.75 Å². The van der Waals surface area contributed by atoms with Crippen LogP contribution in [-0.4, -0.2) is 37.0 Å². The SMILES string of the molecule is C=CCN1Cc2ccc(NC(=O)c3cc(Cl)c(OCCN)c(Cl)c3)cc2C(CC)C1. The summed E-state index contributed by atoms with van der Waals surface area (Å²) in [6, 6.07) is 9.20. The first-order valence-corrected chi connectivity index (χ1v) is 10.8. The van der Waals surface area contributed by atoms with E-state index in [4.69, 9.17) is 33.7 Å². The van der Waals surface area contributed by atoms with Crippen LogP contribution in [0.5, 0.6) is 5.75 Å². The molecule has 3 rings (SSSR count). The summed E-state index contributed by atoms with van der Waals surface area (Å²) >= 11 is 12.5. The molecule has 0 spiro atoms. The minimum atomic E-state index is -0.277. The molecular weight excluding hydrogens is 421 g/mol. The molecule has 7 heteroatoms. The fourth-order valence-corrected chi connectivity index (χ4v) is 4.37. The lowest BCUT2D eigenvalue weighted by atomic mass is 9.87. The fraction of sp³-hybridized carbons (Fsp3) is 0.348. The Balaban J connectivity index is 1.79. The lowest BCUT2D eigenvalue weighted by molar-refractivity contribution is 0.102. The zero-order chi connectivity index (χ0) is 21.7. The van der Waals surface area contributed by atoms with E-state index in [1.807, 2.05) is 12.1 Å². The third-order valence-electron chi connectivity index (χ3n) is 5.22. The minimum Gasteiger partial charge on any atom is -0.489 e. The smallest absolute Gasteiger partial charge is 0.255 e. The second kappa shape index (κ2) is 10.3. The second-order valence-electron chi connectivity index (χ2n) is 7.36. The maximum absolute atomic E-state index is 12.8. The van der Waals surface area contributed by atoms with Crippen molar-refractivity contribution in [2.24, 2.45) is 5.73 Å². The lowest BCUT2D eigenvalue weighted by Gasteiger charge is -2.34. The molecule has 1 aliphatic heterocycles. The van der Waals surface area contributed by atoms with Crippen LogP contribution in [0.15, 0.2) is 43.0 Å². The van der Waals surface area contributed by atoms with Gasteiger partial charge in [-0.1, -0.05) is 42.3 Å². The Morgan fingerprint density at radius 2 is 2.07 bits per heavy atom. The highest BCUT2D eigenvalue weighted by molar-refractivity contribution is 6.37. The zero-order valence-corrected chi connectivity index (χ0v) is 18.6. The van der Waals surface area contributed by atoms with Crippen LogP contribution in [0.2, 0.25) is 10.0 Å². The van der Waals surface area contributed by atoms with Crippen molar-refractivity contribution in [1.82, 2.24) is 4.90 Å². The van der Waals surface area contributed by atoms with Gasteiger partial charge in [-0.15, -0.1) is 6.58 Å². The number of hydrogen-bond donors (Lipinski definition) is 2. The number of nitrogens with one attached hydrogen (secondary N) is 1. The summed E-state index contributed by atoms with van der Waals surface area (Å²) in [4.78, 5) is 15.2. The Kier molecular flexibility index (Phi) is 7.78. The Morgan fingerprint density at radius 3 is 2.70 bits per heavy atom. The molecule has 30 heavy (non-hydrogen) atoms. The number of carbonyl (C=O) groups excluding carboxylic acids is 1. The van der Waals surface area contributed by atoms with Crippen LogP contribution in [0.25, 0.3) is 0 Å². The van der Waals surface area contributed by atoms with Gasteiger partial charge in [0, 0.05) is 37.4 Å². The summed E-state index contributed by atoms with van der Waals surface area (Å²) in [6.07, 6.45) is 2.97. The standard InChI is InChI=1S/C23H27Cl2N3O2/c1-3-8-28-13-15(4-2)19-12-18(6-5-16(19)14-28)27-23(29)17-10-20(24)22(21(25)11-17)30-9-7-26/h3,5-6,10-12,15H,1,4,7-9,13-14,26H2,2H3,(H,27,29). The molecule has 1 unspecified atom stereocenters. The van der Waals surface area contributed by atoms with Gasteiger partial charge in [0.25, 0.3) is 5.91 Å². The second-order valence-corrected chi connectivity index (χ2v) is 8.18. The molecule has 0 fully saturated rings. The number of halogens is 2. The first kappa shape index (κ1) is 22.6. The van der Waals surface area contributed by atoms with E-state index in [0.29, 0.717) is 30.4 Å². The van der Waals surface area contributed by atoms with Crippen LogP contribution in [0.3, 0.4) is 0 Å². The van der Waals surface area contributed by atoms with Gasteiger partial charge in [0.1, 0.15) is 6.61 Å². The van der Waals surface area contributed by atoms with E-state index in [0.717, 1.165) is 31.7 Å². The van der Waals surface area contributed by atoms with Crippen molar-refractivity contribution in [3.05, 3.63) is 69.7 Å². The first-order valence-electron chi connectivity index (χ1n) is 10.1. The Hall–Kier alpha value is -2.05. The van der Waals surface area contributed by atoms with Crippen LogP contribution in [0.1, 0.15) is 40.7 Å². The van der Waals surface area contributed by atoms with E-state index in [-0.39, 0.29) is 16.0 Å². The van der Waals surface area contributed by atoms with Crippen LogP contribution in [-0.2, 0) is 6.54 Å². The van der Waals surface area contributed by atoms with Crippen molar-refractivity contribution in [1.29, 1.82) is 0 Å². The van der Waals surface area contributed by atoms with Crippen LogP contribution < -0.4 is 15.8 Å². The molecule has 0 radical (unpaired) electrons. The summed E-state index contributed by atoms with van der Waals surface area (Å²) < 4.78 is 5.45. The van der Waals surface area contributed by atoms with Crippen molar-refractivity contribution >= 4 is 34.8 Å². The minimum absolute atomic E-state index is 0.277. The highest BCUT2D eigenvalue weighted by atomic mass is 35.5. The van der Waals surface area contributed by atoms with E-state index in [9.17, 15) is 4.79 Å². The molecule has 1 heterocycles. The normalized spacial score (nSPS) is 16.1. The van der Waals surface area contributed by atoms with Gasteiger partial charge in [-0.3, -0.25) is 9.69 Å². The predicted molar refractivity (Wildman–Crippen MR) is 124 cm³/mol. The maximum Gasteiger partial charge on any atom is 0.255 e. The highest BCUT2D eigenvalue weighted by Gasteiger charge is 2.24. The number of amides is 1. The van der Waals surface area contributed by atoms with E-state index in [2.05, 4.69) is 35.9 Å². The fourth-order valence-electron chi connectivity index (χ4n) is 3.78. The number of hydrogen-bond acceptors (Lipinski definition) is 4. The third-order valence-corrected chi connectivity index (χ3v) is 5.78. The molecule has 1 aliphatic rings. The van der Waals surface area contributed by atoms with Gasteiger partial charge in [0.05, 0.1) is 10.0 Å². The Labute approximate surface area is 187 Å². The molecule has 0 saturated heterocycles. The largest absolute Gasteiger partial charge is 0.489 e. The molecule has 3 N–H and O–H groups in total. The Morgan fingerprint density at radius 1 is 1.33 bits per heavy atom. The van der Waals surface area contributed by atoms with Crippen molar-refractivity contribution < 1.29 is 9.53 Å². The van der Waals surface area contributed by atoms with Gasteiger partial charge in [0.15, 0.2) is 5.75 Å². The van der Waals surface area contributed by atoms with E-state index in [1.165, 1.54) is 11.1 Å². The molecular formula is C23H27Cl2N3O2. The maximum atomic E-state index is 12.8. The summed E-state index contributed by atoms with van der Waals surface area (Å²) in [6.45, 7) is 9.43. The van der Waals surface area contributed by atoms with Gasteiger partial charge in [-0.05, 0) is 47.7 Å².